The summed E-state index contributed by atoms with van der Waals surface area (Å²) in [6.07, 6.45) is 11.0. The summed E-state index contributed by atoms with van der Waals surface area (Å²) < 4.78 is 0. The standard InChI is InChI=1S/C23H33N3O2/c1-19(27)26(22-11-9-21(10-12-22)25-16-5-6-17-25)18-14-23(28)24-15-13-20-7-3-2-4-8-20/h7,9-12H,2-6,8,13-18H2,1H3,(H,24,28). The first-order valence-corrected chi connectivity index (χ1v) is 10.7. The van der Waals surface area contributed by atoms with Crippen LogP contribution in [0.25, 0.3) is 0 Å². The zero-order chi connectivity index (χ0) is 19.8. The zero-order valence-electron chi connectivity index (χ0n) is 17.1. The van der Waals surface area contributed by atoms with Gasteiger partial charge in [0.05, 0.1) is 0 Å². The van der Waals surface area contributed by atoms with Crippen LogP contribution in [0.1, 0.15) is 58.3 Å². The highest BCUT2D eigenvalue weighted by Crippen LogP contribution is 2.24. The van der Waals surface area contributed by atoms with Crippen LogP contribution in [0.3, 0.4) is 0 Å². The van der Waals surface area contributed by atoms with Gasteiger partial charge in [-0.3, -0.25) is 9.59 Å². The molecule has 152 valence electrons. The maximum absolute atomic E-state index is 12.2. The molecule has 0 spiro atoms. The van der Waals surface area contributed by atoms with Crippen LogP contribution in [0.4, 0.5) is 11.4 Å². The second-order valence-electron chi connectivity index (χ2n) is 7.84. The van der Waals surface area contributed by atoms with Gasteiger partial charge in [-0.05, 0) is 69.2 Å². The monoisotopic (exact) mass is 383 g/mol. The van der Waals surface area contributed by atoms with Gasteiger partial charge < -0.3 is 15.1 Å². The van der Waals surface area contributed by atoms with Crippen molar-refractivity contribution in [1.29, 1.82) is 0 Å². The second kappa shape index (κ2) is 10.3. The lowest BCUT2D eigenvalue weighted by Crippen LogP contribution is -2.34. The molecule has 0 unspecified atom stereocenters. The summed E-state index contributed by atoms with van der Waals surface area (Å²) in [5.74, 6) is -0.0227. The Bertz CT molecular complexity index is 690. The first kappa shape index (κ1) is 20.4. The summed E-state index contributed by atoms with van der Waals surface area (Å²) in [6, 6.07) is 8.13. The molecule has 5 heteroatoms. The van der Waals surface area contributed by atoms with Crippen molar-refractivity contribution in [2.75, 3.05) is 36.0 Å². The van der Waals surface area contributed by atoms with Gasteiger partial charge in [0, 0.05) is 50.9 Å². The van der Waals surface area contributed by atoms with E-state index in [1.165, 1.54) is 49.8 Å². The highest BCUT2D eigenvalue weighted by atomic mass is 16.2. The lowest BCUT2D eigenvalue weighted by molar-refractivity contribution is -0.121. The third kappa shape index (κ3) is 5.85. The summed E-state index contributed by atoms with van der Waals surface area (Å²) in [5.41, 5.74) is 3.53. The molecule has 1 aromatic carbocycles. The molecule has 2 amide bonds. The number of nitrogens with zero attached hydrogens (tertiary/aromatic N) is 2. The molecule has 1 heterocycles. The summed E-state index contributed by atoms with van der Waals surface area (Å²) in [4.78, 5) is 28.4. The SMILES string of the molecule is CC(=O)N(CCC(=O)NCCC1=CCCCC1)c1ccc(N2CCCC2)cc1. The van der Waals surface area contributed by atoms with E-state index in [1.807, 2.05) is 12.1 Å². The molecule has 0 bridgehead atoms. The van der Waals surface area contributed by atoms with Crippen molar-refractivity contribution in [2.24, 2.45) is 0 Å². The van der Waals surface area contributed by atoms with Crippen LogP contribution in [0.2, 0.25) is 0 Å². The van der Waals surface area contributed by atoms with E-state index >= 15 is 0 Å². The maximum atomic E-state index is 12.2. The third-order valence-electron chi connectivity index (χ3n) is 5.73. The molecule has 1 saturated heterocycles. The fourth-order valence-electron chi connectivity index (χ4n) is 4.08. The molecule has 0 aromatic heterocycles. The Morgan fingerprint density at radius 2 is 1.82 bits per heavy atom. The average molecular weight is 384 g/mol. The van der Waals surface area contributed by atoms with Crippen molar-refractivity contribution in [2.45, 2.75) is 58.3 Å². The molecular formula is C23H33N3O2. The molecule has 1 N–H and O–H groups in total. The molecule has 0 atom stereocenters. The summed E-state index contributed by atoms with van der Waals surface area (Å²) >= 11 is 0. The molecule has 0 radical (unpaired) electrons. The highest BCUT2D eigenvalue weighted by Gasteiger charge is 2.16. The second-order valence-corrected chi connectivity index (χ2v) is 7.84. The molecule has 1 fully saturated rings. The average Bonchev–Trinajstić information content (AvgIpc) is 3.24. The van der Waals surface area contributed by atoms with E-state index in [0.717, 1.165) is 25.2 Å². The van der Waals surface area contributed by atoms with Crippen molar-refractivity contribution < 1.29 is 9.59 Å². The lowest BCUT2D eigenvalue weighted by atomic mass is 9.97. The fourth-order valence-corrected chi connectivity index (χ4v) is 4.08. The van der Waals surface area contributed by atoms with Gasteiger partial charge in [-0.2, -0.15) is 0 Å². The zero-order valence-corrected chi connectivity index (χ0v) is 17.1. The Morgan fingerprint density at radius 3 is 2.46 bits per heavy atom. The summed E-state index contributed by atoms with van der Waals surface area (Å²) in [7, 11) is 0. The topological polar surface area (TPSA) is 52.7 Å². The molecule has 2 aliphatic rings. The molecule has 1 aliphatic carbocycles. The van der Waals surface area contributed by atoms with E-state index < -0.39 is 0 Å². The maximum Gasteiger partial charge on any atom is 0.223 e. The molecule has 5 nitrogen and oxygen atoms in total. The van der Waals surface area contributed by atoms with Gasteiger partial charge >= 0.3 is 0 Å². The minimum absolute atomic E-state index is 0.0105. The van der Waals surface area contributed by atoms with Crippen LogP contribution in [0, 0.1) is 0 Å². The van der Waals surface area contributed by atoms with Crippen molar-refractivity contribution in [1.82, 2.24) is 5.32 Å². The Hall–Kier alpha value is -2.30. The predicted molar refractivity (Wildman–Crippen MR) is 115 cm³/mol. The largest absolute Gasteiger partial charge is 0.372 e. The van der Waals surface area contributed by atoms with Gasteiger partial charge in [-0.1, -0.05) is 11.6 Å². The number of hydrogen-bond donors (Lipinski definition) is 1. The quantitative estimate of drug-likeness (QED) is 0.690. The van der Waals surface area contributed by atoms with Gasteiger partial charge in [0.15, 0.2) is 0 Å². The van der Waals surface area contributed by atoms with Gasteiger partial charge in [0.2, 0.25) is 11.8 Å². The number of allylic oxidation sites excluding steroid dienone is 1. The van der Waals surface area contributed by atoms with Crippen molar-refractivity contribution >= 4 is 23.2 Å². The van der Waals surface area contributed by atoms with E-state index in [0.29, 0.717) is 19.5 Å². The number of anilines is 2. The normalized spacial score (nSPS) is 16.6. The van der Waals surface area contributed by atoms with Crippen LogP contribution < -0.4 is 15.1 Å². The molecule has 1 aliphatic heterocycles. The van der Waals surface area contributed by atoms with Crippen LogP contribution in [-0.2, 0) is 9.59 Å². The van der Waals surface area contributed by atoms with Crippen molar-refractivity contribution in [3.63, 3.8) is 0 Å². The molecule has 0 saturated carbocycles. The molecule has 1 aromatic rings. The van der Waals surface area contributed by atoms with Gasteiger partial charge in [0.25, 0.3) is 0 Å². The van der Waals surface area contributed by atoms with Crippen LogP contribution in [-0.4, -0.2) is 38.0 Å². The Kier molecular flexibility index (Phi) is 7.52. The summed E-state index contributed by atoms with van der Waals surface area (Å²) in [6.45, 7) is 4.86. The number of carbonyl (C=O) groups excluding carboxylic acids is 2. The summed E-state index contributed by atoms with van der Waals surface area (Å²) in [5, 5.41) is 3.00. The van der Waals surface area contributed by atoms with E-state index in [1.54, 1.807) is 11.8 Å². The van der Waals surface area contributed by atoms with Crippen LogP contribution >= 0.6 is 0 Å². The first-order valence-electron chi connectivity index (χ1n) is 10.7. The van der Waals surface area contributed by atoms with E-state index in [-0.39, 0.29) is 11.8 Å². The Labute approximate surface area is 168 Å². The number of benzene rings is 1. The minimum atomic E-state index is -0.0333. The van der Waals surface area contributed by atoms with Crippen LogP contribution in [0.5, 0.6) is 0 Å². The number of amides is 2. The number of rotatable bonds is 8. The van der Waals surface area contributed by atoms with Gasteiger partial charge in [0.1, 0.15) is 0 Å². The Balaban J connectivity index is 1.46. The predicted octanol–water partition coefficient (Wildman–Crippen LogP) is 4.04. The number of hydrogen-bond acceptors (Lipinski definition) is 3. The van der Waals surface area contributed by atoms with Gasteiger partial charge in [-0.25, -0.2) is 0 Å². The van der Waals surface area contributed by atoms with Crippen molar-refractivity contribution in [3.05, 3.63) is 35.9 Å². The molecule has 3 rings (SSSR count). The van der Waals surface area contributed by atoms with Crippen LogP contribution in [0.15, 0.2) is 35.9 Å². The smallest absolute Gasteiger partial charge is 0.223 e. The fraction of sp³-hybridized carbons (Fsp3) is 0.565. The van der Waals surface area contributed by atoms with E-state index in [4.69, 9.17) is 0 Å². The number of nitrogens with one attached hydrogen (secondary N) is 1. The number of carbonyl (C=O) groups is 2. The van der Waals surface area contributed by atoms with E-state index in [9.17, 15) is 9.59 Å². The molecule has 28 heavy (non-hydrogen) atoms. The minimum Gasteiger partial charge on any atom is -0.372 e. The van der Waals surface area contributed by atoms with E-state index in [2.05, 4.69) is 28.4 Å². The van der Waals surface area contributed by atoms with Crippen molar-refractivity contribution in [3.8, 4) is 0 Å². The van der Waals surface area contributed by atoms with Gasteiger partial charge in [-0.15, -0.1) is 0 Å². The lowest BCUT2D eigenvalue weighted by Gasteiger charge is -2.23. The Morgan fingerprint density at radius 1 is 1.07 bits per heavy atom. The highest BCUT2D eigenvalue weighted by molar-refractivity contribution is 5.92. The molecular weight excluding hydrogens is 350 g/mol. The third-order valence-corrected chi connectivity index (χ3v) is 5.73. The first-order chi connectivity index (χ1) is 13.6.